The second-order valence-corrected chi connectivity index (χ2v) is 8.82. The van der Waals surface area contributed by atoms with Crippen LogP contribution in [0.25, 0.3) is 6.08 Å². The monoisotopic (exact) mass is 418 g/mol. The molecule has 0 aliphatic carbocycles. The first kappa shape index (κ1) is 20.2. The van der Waals surface area contributed by atoms with Crippen LogP contribution < -0.4 is 9.47 Å². The number of ketones is 1. The highest BCUT2D eigenvalue weighted by atomic mass is 35.5. The highest BCUT2D eigenvalue weighted by Crippen LogP contribution is 2.35. The van der Waals surface area contributed by atoms with Gasteiger partial charge in [-0.15, -0.1) is 0 Å². The summed E-state index contributed by atoms with van der Waals surface area (Å²) in [6.45, 7) is 6.93. The third kappa shape index (κ3) is 4.42. The number of rotatable bonds is 4. The number of fused-ring (bicyclic) bond motifs is 1. The maximum atomic E-state index is 12.7. The molecule has 0 fully saturated rings. The SMILES string of the molecule is CC(C)(C)c1ccc(/C=C2/Oc3cc(OCc4ccc(Cl)cc4)ccc3C2=O)cc1. The summed E-state index contributed by atoms with van der Waals surface area (Å²) in [5.74, 6) is 1.37. The Balaban J connectivity index is 1.48. The maximum absolute atomic E-state index is 12.7. The fourth-order valence-electron chi connectivity index (χ4n) is 3.24. The molecule has 1 aliphatic rings. The normalized spacial score (nSPS) is 14.5. The van der Waals surface area contributed by atoms with Gasteiger partial charge in [-0.05, 0) is 52.4 Å². The Kier molecular flexibility index (Phi) is 5.40. The molecule has 3 aromatic carbocycles. The Bertz CT molecular complexity index is 1100. The number of carbonyl (C=O) groups is 1. The molecule has 4 rings (SSSR count). The third-order valence-corrected chi connectivity index (χ3v) is 5.29. The summed E-state index contributed by atoms with van der Waals surface area (Å²) < 4.78 is 11.7. The van der Waals surface area contributed by atoms with Gasteiger partial charge in [0.2, 0.25) is 5.78 Å². The van der Waals surface area contributed by atoms with Crippen molar-refractivity contribution in [3.8, 4) is 11.5 Å². The van der Waals surface area contributed by atoms with Gasteiger partial charge in [-0.3, -0.25) is 4.79 Å². The highest BCUT2D eigenvalue weighted by molar-refractivity contribution is 6.30. The number of Topliss-reactive ketones (excluding diaryl/α,β-unsaturated/α-hetero) is 1. The van der Waals surface area contributed by atoms with Crippen LogP contribution in [-0.4, -0.2) is 5.78 Å². The van der Waals surface area contributed by atoms with Gasteiger partial charge in [0.05, 0.1) is 5.56 Å². The molecule has 3 aromatic rings. The summed E-state index contributed by atoms with van der Waals surface area (Å²) >= 11 is 5.91. The van der Waals surface area contributed by atoms with E-state index in [2.05, 4.69) is 32.9 Å². The van der Waals surface area contributed by atoms with E-state index >= 15 is 0 Å². The van der Waals surface area contributed by atoms with E-state index in [1.54, 1.807) is 24.3 Å². The largest absolute Gasteiger partial charge is 0.489 e. The van der Waals surface area contributed by atoms with Crippen molar-refractivity contribution in [3.05, 3.63) is 99.8 Å². The van der Waals surface area contributed by atoms with Crippen LogP contribution in [0.3, 0.4) is 0 Å². The van der Waals surface area contributed by atoms with E-state index < -0.39 is 0 Å². The number of hydrogen-bond acceptors (Lipinski definition) is 3. The Morgan fingerprint density at radius 2 is 1.67 bits per heavy atom. The van der Waals surface area contributed by atoms with E-state index in [1.165, 1.54) is 5.56 Å². The van der Waals surface area contributed by atoms with Gasteiger partial charge in [0.15, 0.2) is 5.76 Å². The van der Waals surface area contributed by atoms with Crippen molar-refractivity contribution in [2.45, 2.75) is 32.8 Å². The van der Waals surface area contributed by atoms with E-state index in [0.717, 1.165) is 11.1 Å². The van der Waals surface area contributed by atoms with Crippen molar-refractivity contribution < 1.29 is 14.3 Å². The average Bonchev–Trinajstić information content (AvgIpc) is 3.02. The molecule has 4 heteroatoms. The summed E-state index contributed by atoms with van der Waals surface area (Å²) in [6.07, 6.45) is 1.78. The van der Waals surface area contributed by atoms with E-state index in [9.17, 15) is 4.79 Å². The van der Waals surface area contributed by atoms with Crippen LogP contribution in [-0.2, 0) is 12.0 Å². The van der Waals surface area contributed by atoms with Crippen LogP contribution in [0.1, 0.15) is 47.8 Å². The standard InChI is InChI=1S/C26H23ClO3/c1-26(2,3)19-8-4-17(5-9-19)14-24-25(28)22-13-12-21(15-23(22)30-24)29-16-18-6-10-20(27)11-7-18/h4-15H,16H2,1-3H3/b24-14+. The van der Waals surface area contributed by atoms with E-state index in [1.807, 2.05) is 36.4 Å². The predicted octanol–water partition coefficient (Wildman–Crippen LogP) is 6.83. The lowest BCUT2D eigenvalue weighted by molar-refractivity contribution is 0.101. The molecule has 1 heterocycles. The number of hydrogen-bond donors (Lipinski definition) is 0. The number of allylic oxidation sites excluding steroid dienone is 1. The van der Waals surface area contributed by atoms with Crippen molar-refractivity contribution in [1.82, 2.24) is 0 Å². The molecule has 0 saturated heterocycles. The second-order valence-electron chi connectivity index (χ2n) is 8.38. The van der Waals surface area contributed by atoms with Crippen LogP contribution in [0, 0.1) is 0 Å². The van der Waals surface area contributed by atoms with Gasteiger partial charge < -0.3 is 9.47 Å². The molecular weight excluding hydrogens is 396 g/mol. The molecule has 0 N–H and O–H groups in total. The van der Waals surface area contributed by atoms with Crippen LogP contribution in [0.4, 0.5) is 0 Å². The van der Waals surface area contributed by atoms with E-state index in [0.29, 0.717) is 34.5 Å². The first-order valence-electron chi connectivity index (χ1n) is 9.86. The molecule has 1 aliphatic heterocycles. The summed E-state index contributed by atoms with van der Waals surface area (Å²) in [4.78, 5) is 12.7. The van der Waals surface area contributed by atoms with Crippen molar-refractivity contribution in [1.29, 1.82) is 0 Å². The molecule has 0 spiro atoms. The van der Waals surface area contributed by atoms with E-state index in [-0.39, 0.29) is 11.2 Å². The lowest BCUT2D eigenvalue weighted by atomic mass is 9.86. The average molecular weight is 419 g/mol. The summed E-state index contributed by atoms with van der Waals surface area (Å²) in [7, 11) is 0. The predicted molar refractivity (Wildman–Crippen MR) is 120 cm³/mol. The van der Waals surface area contributed by atoms with Crippen molar-refractivity contribution >= 4 is 23.5 Å². The minimum absolute atomic E-state index is 0.0873. The first-order valence-corrected chi connectivity index (χ1v) is 10.2. The number of benzene rings is 3. The van der Waals surface area contributed by atoms with Crippen molar-refractivity contribution in [2.24, 2.45) is 0 Å². The Morgan fingerprint density at radius 3 is 2.33 bits per heavy atom. The molecule has 0 unspecified atom stereocenters. The lowest BCUT2D eigenvalue weighted by Crippen LogP contribution is -2.10. The summed E-state index contributed by atoms with van der Waals surface area (Å²) in [6, 6.07) is 21.0. The molecule has 152 valence electrons. The zero-order valence-corrected chi connectivity index (χ0v) is 18.0. The summed E-state index contributed by atoms with van der Waals surface area (Å²) in [5.41, 5.74) is 3.82. The molecule has 0 radical (unpaired) electrons. The number of halogens is 1. The van der Waals surface area contributed by atoms with Crippen LogP contribution >= 0.6 is 11.6 Å². The molecule has 0 aromatic heterocycles. The lowest BCUT2D eigenvalue weighted by Gasteiger charge is -2.18. The van der Waals surface area contributed by atoms with Crippen LogP contribution in [0.5, 0.6) is 11.5 Å². The van der Waals surface area contributed by atoms with Crippen LogP contribution in [0.2, 0.25) is 5.02 Å². The first-order chi connectivity index (χ1) is 14.3. The van der Waals surface area contributed by atoms with Crippen LogP contribution in [0.15, 0.2) is 72.5 Å². The maximum Gasteiger partial charge on any atom is 0.231 e. The molecule has 3 nitrogen and oxygen atoms in total. The zero-order chi connectivity index (χ0) is 21.3. The Labute approximate surface area is 181 Å². The Hall–Kier alpha value is -3.04. The quantitative estimate of drug-likeness (QED) is 0.435. The van der Waals surface area contributed by atoms with Gasteiger partial charge in [-0.2, -0.15) is 0 Å². The van der Waals surface area contributed by atoms with E-state index in [4.69, 9.17) is 21.1 Å². The van der Waals surface area contributed by atoms with Gasteiger partial charge in [0.1, 0.15) is 18.1 Å². The van der Waals surface area contributed by atoms with Gasteiger partial charge in [0.25, 0.3) is 0 Å². The molecule has 0 bridgehead atoms. The number of ether oxygens (including phenoxy) is 2. The van der Waals surface area contributed by atoms with Crippen molar-refractivity contribution in [2.75, 3.05) is 0 Å². The molecule has 0 atom stereocenters. The minimum Gasteiger partial charge on any atom is -0.489 e. The minimum atomic E-state index is -0.117. The zero-order valence-electron chi connectivity index (χ0n) is 17.2. The summed E-state index contributed by atoms with van der Waals surface area (Å²) in [5, 5.41) is 0.690. The molecular formula is C26H23ClO3. The number of carbonyl (C=O) groups excluding carboxylic acids is 1. The second kappa shape index (κ2) is 8.00. The molecule has 30 heavy (non-hydrogen) atoms. The fourth-order valence-corrected chi connectivity index (χ4v) is 3.36. The van der Waals surface area contributed by atoms with Gasteiger partial charge >= 0.3 is 0 Å². The van der Waals surface area contributed by atoms with Crippen molar-refractivity contribution in [3.63, 3.8) is 0 Å². The Morgan fingerprint density at radius 1 is 0.967 bits per heavy atom. The fraction of sp³-hybridized carbons (Fsp3) is 0.192. The smallest absolute Gasteiger partial charge is 0.231 e. The highest BCUT2D eigenvalue weighted by Gasteiger charge is 2.27. The molecule has 0 amide bonds. The van der Waals surface area contributed by atoms with Gasteiger partial charge in [-0.1, -0.05) is 68.8 Å². The third-order valence-electron chi connectivity index (χ3n) is 5.03. The van der Waals surface area contributed by atoms with Gasteiger partial charge in [0, 0.05) is 11.1 Å². The molecule has 0 saturated carbocycles. The van der Waals surface area contributed by atoms with Gasteiger partial charge in [-0.25, -0.2) is 0 Å². The topological polar surface area (TPSA) is 35.5 Å².